The first kappa shape index (κ1) is 15.5. The zero-order valence-electron chi connectivity index (χ0n) is 14.6. The number of imidazole rings is 1. The van der Waals surface area contributed by atoms with Crippen molar-refractivity contribution >= 4 is 28.7 Å². The van der Waals surface area contributed by atoms with Gasteiger partial charge in [-0.1, -0.05) is 19.3 Å². The maximum Gasteiger partial charge on any atom is 0.232 e. The third-order valence-corrected chi connectivity index (χ3v) is 5.13. The molecule has 8 nitrogen and oxygen atoms in total. The molecule has 2 N–H and O–H groups in total. The van der Waals surface area contributed by atoms with Gasteiger partial charge in [0.2, 0.25) is 5.95 Å². The van der Waals surface area contributed by atoms with Gasteiger partial charge in [0, 0.05) is 18.3 Å². The molecule has 26 heavy (non-hydrogen) atoms. The highest BCUT2D eigenvalue weighted by atomic mass is 15.2. The maximum atomic E-state index is 4.77. The fourth-order valence-corrected chi connectivity index (χ4v) is 3.60. The highest BCUT2D eigenvalue weighted by Crippen LogP contribution is 2.33. The van der Waals surface area contributed by atoms with Crippen molar-refractivity contribution in [2.24, 2.45) is 0 Å². The smallest absolute Gasteiger partial charge is 0.232 e. The molecule has 0 aromatic carbocycles. The minimum Gasteiger partial charge on any atom is -0.365 e. The van der Waals surface area contributed by atoms with E-state index in [2.05, 4.69) is 35.1 Å². The SMILES string of the molecule is c1cc(Nc2nc(NC3CC3)c3ncn(C4CCCCC4)c3n2)ncn1. The summed E-state index contributed by atoms with van der Waals surface area (Å²) in [4.78, 5) is 22.2. The molecule has 2 saturated carbocycles. The molecule has 0 unspecified atom stereocenters. The zero-order chi connectivity index (χ0) is 17.3. The summed E-state index contributed by atoms with van der Waals surface area (Å²) in [6, 6.07) is 2.78. The van der Waals surface area contributed by atoms with Crippen molar-refractivity contribution < 1.29 is 0 Å². The summed E-state index contributed by atoms with van der Waals surface area (Å²) in [5.74, 6) is 2.03. The van der Waals surface area contributed by atoms with E-state index < -0.39 is 0 Å². The summed E-state index contributed by atoms with van der Waals surface area (Å²) in [5.41, 5.74) is 1.75. The van der Waals surface area contributed by atoms with Crippen LogP contribution in [0, 0.1) is 0 Å². The van der Waals surface area contributed by atoms with Crippen LogP contribution in [-0.4, -0.2) is 35.5 Å². The summed E-state index contributed by atoms with van der Waals surface area (Å²) in [6.45, 7) is 0. The maximum absolute atomic E-state index is 4.77. The van der Waals surface area contributed by atoms with Crippen LogP contribution in [0.4, 0.5) is 17.6 Å². The van der Waals surface area contributed by atoms with Gasteiger partial charge < -0.3 is 15.2 Å². The Hall–Kier alpha value is -2.77. The summed E-state index contributed by atoms with van der Waals surface area (Å²) >= 11 is 0. The van der Waals surface area contributed by atoms with Gasteiger partial charge in [0.15, 0.2) is 17.0 Å². The molecule has 3 aromatic rings. The van der Waals surface area contributed by atoms with Gasteiger partial charge in [0.25, 0.3) is 0 Å². The fraction of sp³-hybridized carbons (Fsp3) is 0.500. The van der Waals surface area contributed by atoms with Crippen molar-refractivity contribution in [1.29, 1.82) is 0 Å². The van der Waals surface area contributed by atoms with Gasteiger partial charge in [-0.25, -0.2) is 15.0 Å². The fourth-order valence-electron chi connectivity index (χ4n) is 3.60. The summed E-state index contributed by atoms with van der Waals surface area (Å²) < 4.78 is 2.24. The molecular formula is C18H22N8. The monoisotopic (exact) mass is 350 g/mol. The molecule has 2 aliphatic carbocycles. The number of hydrogen-bond acceptors (Lipinski definition) is 7. The molecule has 3 heterocycles. The van der Waals surface area contributed by atoms with Crippen LogP contribution in [-0.2, 0) is 0 Å². The molecule has 5 rings (SSSR count). The third-order valence-electron chi connectivity index (χ3n) is 5.13. The topological polar surface area (TPSA) is 93.4 Å². The van der Waals surface area contributed by atoms with E-state index in [0.29, 0.717) is 23.8 Å². The number of anilines is 3. The molecule has 134 valence electrons. The molecular weight excluding hydrogens is 328 g/mol. The van der Waals surface area contributed by atoms with E-state index in [4.69, 9.17) is 4.98 Å². The molecule has 0 saturated heterocycles. The van der Waals surface area contributed by atoms with Crippen LogP contribution in [0.1, 0.15) is 51.0 Å². The van der Waals surface area contributed by atoms with Crippen molar-refractivity contribution in [2.45, 2.75) is 57.0 Å². The summed E-state index contributed by atoms with van der Waals surface area (Å²) in [6.07, 6.45) is 13.8. The van der Waals surface area contributed by atoms with Crippen LogP contribution in [0.5, 0.6) is 0 Å². The van der Waals surface area contributed by atoms with E-state index in [-0.39, 0.29) is 0 Å². The number of rotatable bonds is 5. The van der Waals surface area contributed by atoms with Crippen LogP contribution in [0.25, 0.3) is 11.2 Å². The van der Waals surface area contributed by atoms with E-state index in [1.807, 2.05) is 6.33 Å². The molecule has 0 bridgehead atoms. The van der Waals surface area contributed by atoms with Gasteiger partial charge in [-0.05, 0) is 31.7 Å². The van der Waals surface area contributed by atoms with Gasteiger partial charge in [-0.2, -0.15) is 9.97 Å². The van der Waals surface area contributed by atoms with E-state index >= 15 is 0 Å². The second-order valence-corrected chi connectivity index (χ2v) is 7.15. The third kappa shape index (κ3) is 3.07. The Kier molecular flexibility index (Phi) is 3.88. The van der Waals surface area contributed by atoms with Crippen molar-refractivity contribution in [3.63, 3.8) is 0 Å². The normalized spacial score (nSPS) is 18.2. The highest BCUT2D eigenvalue weighted by molar-refractivity contribution is 5.85. The van der Waals surface area contributed by atoms with Crippen LogP contribution < -0.4 is 10.6 Å². The Morgan fingerprint density at radius 2 is 1.88 bits per heavy atom. The molecule has 2 fully saturated rings. The number of aromatic nitrogens is 6. The van der Waals surface area contributed by atoms with E-state index in [1.165, 1.54) is 51.3 Å². The Morgan fingerprint density at radius 3 is 2.65 bits per heavy atom. The predicted molar refractivity (Wildman–Crippen MR) is 99.4 cm³/mol. The van der Waals surface area contributed by atoms with E-state index in [9.17, 15) is 0 Å². The minimum absolute atomic E-state index is 0.476. The Morgan fingerprint density at radius 1 is 1.00 bits per heavy atom. The first-order chi connectivity index (χ1) is 12.9. The van der Waals surface area contributed by atoms with Crippen LogP contribution in [0.3, 0.4) is 0 Å². The van der Waals surface area contributed by atoms with Crippen LogP contribution in [0.2, 0.25) is 0 Å². The first-order valence-corrected chi connectivity index (χ1v) is 9.41. The molecule has 0 aliphatic heterocycles. The van der Waals surface area contributed by atoms with Crippen molar-refractivity contribution in [3.8, 4) is 0 Å². The Bertz CT molecular complexity index is 896. The molecule has 0 atom stereocenters. The second-order valence-electron chi connectivity index (χ2n) is 7.15. The Labute approximate surface area is 151 Å². The van der Waals surface area contributed by atoms with Gasteiger partial charge in [-0.3, -0.25) is 0 Å². The highest BCUT2D eigenvalue weighted by Gasteiger charge is 2.25. The largest absolute Gasteiger partial charge is 0.365 e. The number of nitrogens with zero attached hydrogens (tertiary/aromatic N) is 6. The van der Waals surface area contributed by atoms with Gasteiger partial charge in [0.05, 0.1) is 6.33 Å². The lowest BCUT2D eigenvalue weighted by Crippen LogP contribution is -2.13. The number of fused-ring (bicyclic) bond motifs is 1. The van der Waals surface area contributed by atoms with Gasteiger partial charge >= 0.3 is 0 Å². The second kappa shape index (κ2) is 6.51. The molecule has 8 heteroatoms. The van der Waals surface area contributed by atoms with Crippen molar-refractivity contribution in [2.75, 3.05) is 10.6 Å². The molecule has 3 aromatic heterocycles. The summed E-state index contributed by atoms with van der Waals surface area (Å²) in [7, 11) is 0. The van der Waals surface area contributed by atoms with Crippen molar-refractivity contribution in [1.82, 2.24) is 29.5 Å². The lowest BCUT2D eigenvalue weighted by molar-refractivity contribution is 0.358. The predicted octanol–water partition coefficient (Wildman–Crippen LogP) is 3.44. The molecule has 0 spiro atoms. The van der Waals surface area contributed by atoms with E-state index in [1.54, 1.807) is 12.3 Å². The van der Waals surface area contributed by atoms with Crippen LogP contribution in [0.15, 0.2) is 24.9 Å². The van der Waals surface area contributed by atoms with Crippen molar-refractivity contribution in [3.05, 3.63) is 24.9 Å². The van der Waals surface area contributed by atoms with Crippen LogP contribution >= 0.6 is 0 Å². The average molecular weight is 350 g/mol. The quantitative estimate of drug-likeness (QED) is 0.728. The lowest BCUT2D eigenvalue weighted by Gasteiger charge is -2.23. The lowest BCUT2D eigenvalue weighted by atomic mass is 9.95. The number of nitrogens with one attached hydrogen (secondary N) is 2. The summed E-state index contributed by atoms with van der Waals surface area (Å²) in [5, 5.41) is 6.70. The minimum atomic E-state index is 0.476. The average Bonchev–Trinajstić information content (AvgIpc) is 3.39. The number of hydrogen-bond donors (Lipinski definition) is 2. The Balaban J connectivity index is 1.55. The standard InChI is InChI=1S/C18H22N8/c1-2-4-13(5-3-1)26-11-21-15-16(22-12-6-7-12)24-18(25-17(15)26)23-14-8-9-19-10-20-14/h8-13H,1-7H2,(H2,19,20,22,23,24,25). The first-order valence-electron chi connectivity index (χ1n) is 9.41. The molecule has 0 radical (unpaired) electrons. The van der Waals surface area contributed by atoms with Gasteiger partial charge in [-0.15, -0.1) is 0 Å². The van der Waals surface area contributed by atoms with E-state index in [0.717, 1.165) is 17.0 Å². The molecule has 2 aliphatic rings. The van der Waals surface area contributed by atoms with Gasteiger partial charge in [0.1, 0.15) is 12.1 Å². The zero-order valence-corrected chi connectivity index (χ0v) is 14.6. The molecule has 0 amide bonds.